The van der Waals surface area contributed by atoms with Gasteiger partial charge in [0.05, 0.1) is 11.1 Å². The monoisotopic (exact) mass is 260 g/mol. The number of benzene rings is 2. The molecule has 2 aromatic carbocycles. The van der Waals surface area contributed by atoms with Crippen molar-refractivity contribution in [3.8, 4) is 12.1 Å². The van der Waals surface area contributed by atoms with Crippen molar-refractivity contribution in [2.45, 2.75) is 0 Å². The zero-order chi connectivity index (χ0) is 13.9. The zero-order valence-electron chi connectivity index (χ0n) is 10.3. The number of hydrogen-bond donors (Lipinski definition) is 1. The van der Waals surface area contributed by atoms with E-state index in [1.807, 2.05) is 42.5 Å². The third-order valence-corrected chi connectivity index (χ3v) is 2.90. The quantitative estimate of drug-likeness (QED) is 0.565. The number of fused-ring (bicyclic) bond motifs is 3. The molecule has 0 bridgehead atoms. The number of hydrogen-bond acceptors (Lipinski definition) is 5. The lowest BCUT2D eigenvalue weighted by atomic mass is 10.1. The Morgan fingerprint density at radius 3 is 2.55 bits per heavy atom. The van der Waals surface area contributed by atoms with Gasteiger partial charge < -0.3 is 4.42 Å². The largest absolute Gasteiger partial charge is 0.456 e. The van der Waals surface area contributed by atoms with Crippen molar-refractivity contribution >= 4 is 33.3 Å². The van der Waals surface area contributed by atoms with Crippen LogP contribution in [0.25, 0.3) is 21.9 Å². The molecule has 0 aliphatic rings. The van der Waals surface area contributed by atoms with Gasteiger partial charge in [0.1, 0.15) is 23.3 Å². The fourth-order valence-electron chi connectivity index (χ4n) is 2.06. The van der Waals surface area contributed by atoms with Gasteiger partial charge in [-0.3, -0.25) is 5.43 Å². The molecule has 0 atom stereocenters. The predicted octanol–water partition coefficient (Wildman–Crippen LogP) is 3.40. The number of rotatable bonds is 2. The summed E-state index contributed by atoms with van der Waals surface area (Å²) in [6.07, 6.45) is 0. The summed E-state index contributed by atoms with van der Waals surface area (Å²) in [7, 11) is 0. The van der Waals surface area contributed by atoms with Gasteiger partial charge in [-0.25, -0.2) is 0 Å². The van der Waals surface area contributed by atoms with Gasteiger partial charge in [-0.15, -0.1) is 0 Å². The average Bonchev–Trinajstić information content (AvgIpc) is 2.87. The first kappa shape index (κ1) is 11.8. The Balaban J connectivity index is 2.19. The molecular weight excluding hydrogens is 252 g/mol. The second kappa shape index (κ2) is 4.75. The molecule has 0 saturated heterocycles. The van der Waals surface area contributed by atoms with E-state index in [0.717, 1.165) is 21.9 Å². The molecule has 0 saturated carbocycles. The van der Waals surface area contributed by atoms with Gasteiger partial charge in [0.25, 0.3) is 0 Å². The fraction of sp³-hybridized carbons (Fsp3) is 0. The third-order valence-electron chi connectivity index (χ3n) is 2.90. The van der Waals surface area contributed by atoms with E-state index < -0.39 is 0 Å². The minimum Gasteiger partial charge on any atom is -0.456 e. The van der Waals surface area contributed by atoms with E-state index in [1.54, 1.807) is 12.1 Å². The molecular formula is C15H8N4O. The zero-order valence-corrected chi connectivity index (χ0v) is 10.3. The standard InChI is InChI=1S/C15H8N4O/c16-8-10(9-17)18-19-12-5-3-7-14-15(12)11-4-1-2-6-13(11)20-14/h1-7,19H. The molecule has 0 aliphatic carbocycles. The smallest absolute Gasteiger partial charge is 0.237 e. The van der Waals surface area contributed by atoms with E-state index in [1.165, 1.54) is 0 Å². The maximum absolute atomic E-state index is 8.69. The highest BCUT2D eigenvalue weighted by atomic mass is 16.3. The van der Waals surface area contributed by atoms with Crippen molar-refractivity contribution in [3.05, 3.63) is 42.5 Å². The SMILES string of the molecule is N#CC(C#N)=NNc1cccc2oc3ccccc3c12. The number of nitriles is 2. The Labute approximate surface area is 114 Å². The Morgan fingerprint density at radius 2 is 1.75 bits per heavy atom. The lowest BCUT2D eigenvalue weighted by Gasteiger charge is -2.01. The molecule has 3 aromatic rings. The number of hydrazone groups is 1. The van der Waals surface area contributed by atoms with Gasteiger partial charge in [-0.1, -0.05) is 24.3 Å². The maximum Gasteiger partial charge on any atom is 0.237 e. The second-order valence-corrected chi connectivity index (χ2v) is 4.07. The molecule has 0 fully saturated rings. The molecule has 20 heavy (non-hydrogen) atoms. The number of furan rings is 1. The van der Waals surface area contributed by atoms with Gasteiger partial charge in [0.15, 0.2) is 0 Å². The highest BCUT2D eigenvalue weighted by molar-refractivity contribution is 6.13. The summed E-state index contributed by atoms with van der Waals surface area (Å²) in [6, 6.07) is 16.6. The molecule has 1 N–H and O–H groups in total. The molecule has 5 heteroatoms. The average molecular weight is 260 g/mol. The first-order valence-electron chi connectivity index (χ1n) is 5.87. The van der Waals surface area contributed by atoms with E-state index >= 15 is 0 Å². The highest BCUT2D eigenvalue weighted by Gasteiger charge is 2.10. The summed E-state index contributed by atoms with van der Waals surface area (Å²) < 4.78 is 5.73. The molecule has 0 unspecified atom stereocenters. The van der Waals surface area contributed by atoms with Crippen LogP contribution in [0.15, 0.2) is 52.0 Å². The number of anilines is 1. The fourth-order valence-corrected chi connectivity index (χ4v) is 2.06. The van der Waals surface area contributed by atoms with Gasteiger partial charge in [0.2, 0.25) is 5.71 Å². The molecule has 0 radical (unpaired) electrons. The van der Waals surface area contributed by atoms with Crippen LogP contribution in [0.4, 0.5) is 5.69 Å². The first-order chi connectivity index (χ1) is 9.83. The third kappa shape index (κ3) is 1.84. The molecule has 0 spiro atoms. The molecule has 1 aromatic heterocycles. The predicted molar refractivity (Wildman–Crippen MR) is 76.0 cm³/mol. The van der Waals surface area contributed by atoms with Gasteiger partial charge >= 0.3 is 0 Å². The second-order valence-electron chi connectivity index (χ2n) is 4.07. The Hall–Kier alpha value is -3.31. The molecule has 0 aliphatic heterocycles. The van der Waals surface area contributed by atoms with Crippen molar-refractivity contribution in [1.82, 2.24) is 0 Å². The Bertz CT molecular complexity index is 893. The summed E-state index contributed by atoms with van der Waals surface area (Å²) >= 11 is 0. The molecule has 1 heterocycles. The lowest BCUT2D eigenvalue weighted by Crippen LogP contribution is -1.96. The van der Waals surface area contributed by atoms with Crippen molar-refractivity contribution < 1.29 is 4.42 Å². The highest BCUT2D eigenvalue weighted by Crippen LogP contribution is 2.33. The number of nitrogens with one attached hydrogen (secondary N) is 1. The van der Waals surface area contributed by atoms with Crippen LogP contribution in [-0.4, -0.2) is 5.71 Å². The van der Waals surface area contributed by atoms with Crippen LogP contribution in [0.1, 0.15) is 0 Å². The summed E-state index contributed by atoms with van der Waals surface area (Å²) in [4.78, 5) is 0. The lowest BCUT2D eigenvalue weighted by molar-refractivity contribution is 0.669. The summed E-state index contributed by atoms with van der Waals surface area (Å²) in [6.45, 7) is 0. The van der Waals surface area contributed by atoms with Gasteiger partial charge in [0, 0.05) is 5.39 Å². The minimum atomic E-state index is -0.227. The van der Waals surface area contributed by atoms with Crippen molar-refractivity contribution in [2.75, 3.05) is 5.43 Å². The van der Waals surface area contributed by atoms with Crippen LogP contribution in [-0.2, 0) is 0 Å². The van der Waals surface area contributed by atoms with E-state index in [9.17, 15) is 0 Å². The van der Waals surface area contributed by atoms with Gasteiger partial charge in [-0.2, -0.15) is 15.6 Å². The van der Waals surface area contributed by atoms with Crippen molar-refractivity contribution in [3.63, 3.8) is 0 Å². The maximum atomic E-state index is 8.69. The molecule has 5 nitrogen and oxygen atoms in total. The van der Waals surface area contributed by atoms with E-state index in [4.69, 9.17) is 14.9 Å². The van der Waals surface area contributed by atoms with E-state index in [2.05, 4.69) is 10.5 Å². The van der Waals surface area contributed by atoms with Crippen LogP contribution >= 0.6 is 0 Å². The number of nitrogens with zero attached hydrogens (tertiary/aromatic N) is 3. The first-order valence-corrected chi connectivity index (χ1v) is 5.87. The van der Waals surface area contributed by atoms with E-state index in [-0.39, 0.29) is 5.71 Å². The van der Waals surface area contributed by atoms with Crippen molar-refractivity contribution in [1.29, 1.82) is 10.5 Å². The Kier molecular flexibility index (Phi) is 2.80. The van der Waals surface area contributed by atoms with Crippen LogP contribution < -0.4 is 5.43 Å². The van der Waals surface area contributed by atoms with Crippen LogP contribution in [0.5, 0.6) is 0 Å². The topological polar surface area (TPSA) is 85.1 Å². The Morgan fingerprint density at radius 1 is 1.00 bits per heavy atom. The molecule has 0 amide bonds. The minimum absolute atomic E-state index is 0.227. The molecule has 3 rings (SSSR count). The van der Waals surface area contributed by atoms with E-state index in [0.29, 0.717) is 5.69 Å². The molecule has 94 valence electrons. The van der Waals surface area contributed by atoms with Crippen LogP contribution in [0.2, 0.25) is 0 Å². The summed E-state index contributed by atoms with van der Waals surface area (Å²) in [5.41, 5.74) is 4.72. The van der Waals surface area contributed by atoms with Gasteiger partial charge in [-0.05, 0) is 18.2 Å². The normalized spacial score (nSPS) is 9.90. The number of para-hydroxylation sites is 1. The summed E-state index contributed by atoms with van der Waals surface area (Å²) in [5.74, 6) is 0. The van der Waals surface area contributed by atoms with Crippen LogP contribution in [0.3, 0.4) is 0 Å². The summed E-state index contributed by atoms with van der Waals surface area (Å²) in [5, 5.41) is 23.0. The van der Waals surface area contributed by atoms with Crippen LogP contribution in [0, 0.1) is 22.7 Å². The van der Waals surface area contributed by atoms with Crippen molar-refractivity contribution in [2.24, 2.45) is 5.10 Å².